The third-order valence-corrected chi connectivity index (χ3v) is 7.58. The zero-order valence-corrected chi connectivity index (χ0v) is 22.1. The van der Waals surface area contributed by atoms with Gasteiger partial charge in [-0.2, -0.15) is 0 Å². The Bertz CT molecular complexity index is 857. The first-order valence-electron chi connectivity index (χ1n) is 13.6. The molecule has 1 amide bonds. The number of hydrogen-bond acceptors (Lipinski definition) is 5. The van der Waals surface area contributed by atoms with E-state index in [0.717, 1.165) is 62.5 Å². The van der Waals surface area contributed by atoms with Gasteiger partial charge in [0.25, 0.3) is 5.91 Å². The predicted octanol–water partition coefficient (Wildman–Crippen LogP) is 5.45. The van der Waals surface area contributed by atoms with Crippen molar-refractivity contribution in [3.63, 3.8) is 0 Å². The number of carbonyl (C=O) groups is 2. The van der Waals surface area contributed by atoms with Gasteiger partial charge < -0.3 is 9.84 Å². The van der Waals surface area contributed by atoms with Gasteiger partial charge in [-0.25, -0.2) is 10.3 Å². The van der Waals surface area contributed by atoms with E-state index < -0.39 is 17.8 Å². The number of aliphatic carboxylic acids is 1. The molecule has 0 spiro atoms. The van der Waals surface area contributed by atoms with Crippen molar-refractivity contribution in [3.05, 3.63) is 41.5 Å². The molecule has 2 aliphatic carbocycles. The van der Waals surface area contributed by atoms with E-state index >= 15 is 0 Å². The van der Waals surface area contributed by atoms with Crippen LogP contribution in [0.4, 0.5) is 0 Å². The summed E-state index contributed by atoms with van der Waals surface area (Å²) in [6.07, 6.45) is 12.3. The Morgan fingerprint density at radius 2 is 1.58 bits per heavy atom. The van der Waals surface area contributed by atoms with Crippen LogP contribution in [-0.4, -0.2) is 35.4 Å². The normalized spacial score (nSPS) is 20.0. The summed E-state index contributed by atoms with van der Waals surface area (Å²) in [7, 11) is 0. The first-order chi connectivity index (χ1) is 17.3. The first kappa shape index (κ1) is 28.4. The highest BCUT2D eigenvalue weighted by Crippen LogP contribution is 2.44. The number of hydrogen-bond donors (Lipinski definition) is 3. The number of carboxylic acid groups (broad SMARTS) is 1. The van der Waals surface area contributed by atoms with Crippen molar-refractivity contribution in [2.24, 2.45) is 17.8 Å². The van der Waals surface area contributed by atoms with Crippen LogP contribution in [0.5, 0.6) is 0 Å². The number of rotatable bonds is 13. The van der Waals surface area contributed by atoms with Crippen LogP contribution in [0.1, 0.15) is 89.7 Å². The molecule has 0 heterocycles. The van der Waals surface area contributed by atoms with Gasteiger partial charge in [0.2, 0.25) is 0 Å². The maximum atomic E-state index is 12.8. The summed E-state index contributed by atoms with van der Waals surface area (Å²) in [6.45, 7) is 6.91. The van der Waals surface area contributed by atoms with E-state index in [9.17, 15) is 14.7 Å². The van der Waals surface area contributed by atoms with Crippen LogP contribution in [-0.2, 0) is 25.7 Å². The Balaban J connectivity index is 1.56. The number of nitrogens with one attached hydrogen (secondary N) is 2. The van der Waals surface area contributed by atoms with E-state index in [1.807, 2.05) is 38.1 Å². The van der Waals surface area contributed by atoms with Gasteiger partial charge in [-0.3, -0.25) is 14.9 Å². The molecule has 2 aliphatic rings. The molecular weight excluding hydrogens is 456 g/mol. The lowest BCUT2D eigenvalue weighted by Gasteiger charge is -2.44. The Kier molecular flexibility index (Phi) is 11.0. The van der Waals surface area contributed by atoms with Crippen LogP contribution in [0.3, 0.4) is 0 Å². The quantitative estimate of drug-likeness (QED) is 0.189. The van der Waals surface area contributed by atoms with Gasteiger partial charge >= 0.3 is 5.97 Å². The van der Waals surface area contributed by atoms with Gasteiger partial charge in [0.1, 0.15) is 5.54 Å². The van der Waals surface area contributed by atoms with E-state index in [2.05, 4.69) is 10.8 Å². The van der Waals surface area contributed by atoms with Crippen LogP contribution in [0.2, 0.25) is 0 Å². The fraction of sp³-hybridized carbons (Fsp3) is 0.655. The van der Waals surface area contributed by atoms with E-state index in [0.29, 0.717) is 19.1 Å². The van der Waals surface area contributed by atoms with Crippen molar-refractivity contribution in [2.75, 3.05) is 6.61 Å². The van der Waals surface area contributed by atoms with Crippen LogP contribution in [0, 0.1) is 17.8 Å². The Hall–Kier alpha value is -2.22. The molecule has 36 heavy (non-hydrogen) atoms. The summed E-state index contributed by atoms with van der Waals surface area (Å²) in [5.74, 6) is -0.276. The van der Waals surface area contributed by atoms with Gasteiger partial charge in [0, 0.05) is 12.6 Å². The molecule has 2 fully saturated rings. The Morgan fingerprint density at radius 3 is 2.14 bits per heavy atom. The lowest BCUT2D eigenvalue weighted by Crippen LogP contribution is -2.61. The average molecular weight is 501 g/mol. The summed E-state index contributed by atoms with van der Waals surface area (Å²) >= 11 is 0. The minimum atomic E-state index is -0.844. The van der Waals surface area contributed by atoms with Crippen molar-refractivity contribution >= 4 is 18.0 Å². The monoisotopic (exact) mass is 500 g/mol. The number of ether oxygens (including phenoxy) is 1. The number of carboxylic acids is 1. The van der Waals surface area contributed by atoms with Gasteiger partial charge in [0.05, 0.1) is 6.61 Å². The number of benzene rings is 1. The number of amides is 1. The largest absolute Gasteiger partial charge is 0.480 e. The minimum absolute atomic E-state index is 0.188. The molecule has 3 N–H and O–H groups in total. The van der Waals surface area contributed by atoms with Gasteiger partial charge in [-0.1, -0.05) is 70.2 Å². The molecule has 1 aromatic rings. The van der Waals surface area contributed by atoms with Crippen molar-refractivity contribution in [1.29, 1.82) is 0 Å². The molecular formula is C29H44N2O5. The fourth-order valence-electron chi connectivity index (χ4n) is 5.69. The van der Waals surface area contributed by atoms with Crippen LogP contribution < -0.4 is 10.8 Å². The molecule has 1 aromatic carbocycles. The molecule has 0 bridgehead atoms. The predicted molar refractivity (Wildman–Crippen MR) is 141 cm³/mol. The SMILES string of the molecule is CC(C)COC(C)ONC(=O)C=Cc1ccc(CN[C@](C(=O)O)(C2CCCCC2)C2CCCC2)cc1. The molecule has 0 saturated heterocycles. The van der Waals surface area contributed by atoms with E-state index in [1.54, 1.807) is 13.0 Å². The smallest absolute Gasteiger partial charge is 0.324 e. The second kappa shape index (κ2) is 13.9. The molecule has 3 rings (SSSR count). The maximum Gasteiger partial charge on any atom is 0.324 e. The second-order valence-electron chi connectivity index (χ2n) is 10.8. The Morgan fingerprint density at radius 1 is 1.00 bits per heavy atom. The summed E-state index contributed by atoms with van der Waals surface area (Å²) < 4.78 is 5.46. The van der Waals surface area contributed by atoms with Crippen molar-refractivity contribution < 1.29 is 24.3 Å². The molecule has 0 aliphatic heterocycles. The highest BCUT2D eigenvalue weighted by molar-refractivity contribution is 5.90. The van der Waals surface area contributed by atoms with Crippen molar-refractivity contribution in [2.45, 2.75) is 96.9 Å². The molecule has 0 radical (unpaired) electrons. The Labute approximate surface area is 216 Å². The highest BCUT2D eigenvalue weighted by atomic mass is 16.8. The molecule has 1 unspecified atom stereocenters. The summed E-state index contributed by atoms with van der Waals surface area (Å²) in [5, 5.41) is 14.0. The summed E-state index contributed by atoms with van der Waals surface area (Å²) in [4.78, 5) is 30.0. The summed E-state index contributed by atoms with van der Waals surface area (Å²) in [5.41, 5.74) is 3.45. The van der Waals surface area contributed by atoms with Crippen LogP contribution in [0.25, 0.3) is 6.08 Å². The van der Waals surface area contributed by atoms with Crippen LogP contribution in [0.15, 0.2) is 30.3 Å². The number of carbonyl (C=O) groups excluding carboxylic acids is 1. The minimum Gasteiger partial charge on any atom is -0.480 e. The molecule has 2 atom stereocenters. The third kappa shape index (κ3) is 7.89. The number of hydroxylamine groups is 1. The highest BCUT2D eigenvalue weighted by Gasteiger charge is 2.51. The topological polar surface area (TPSA) is 96.9 Å². The van der Waals surface area contributed by atoms with Gasteiger partial charge in [-0.15, -0.1) is 0 Å². The van der Waals surface area contributed by atoms with Crippen molar-refractivity contribution in [3.8, 4) is 0 Å². The van der Waals surface area contributed by atoms with E-state index in [1.165, 1.54) is 12.5 Å². The van der Waals surface area contributed by atoms with Crippen LogP contribution >= 0.6 is 0 Å². The lowest BCUT2D eigenvalue weighted by atomic mass is 9.67. The fourth-order valence-corrected chi connectivity index (χ4v) is 5.69. The summed E-state index contributed by atoms with van der Waals surface area (Å²) in [6, 6.07) is 7.86. The average Bonchev–Trinajstić information content (AvgIpc) is 3.42. The van der Waals surface area contributed by atoms with Gasteiger partial charge in [-0.05, 0) is 67.6 Å². The first-order valence-corrected chi connectivity index (χ1v) is 13.6. The standard InChI is InChI=1S/C29H44N2O5/c1-21(2)20-35-22(3)36-31-27(32)18-17-23-13-15-24(16-14-23)19-30-29(28(33)34,26-11-7-8-12-26)25-9-5-4-6-10-25/h13-18,21-22,25-26,30H,4-12,19-20H2,1-3H3,(H,31,32)(H,33,34)/t22?,29-/m1/s1. The van der Waals surface area contributed by atoms with E-state index in [4.69, 9.17) is 9.57 Å². The van der Waals surface area contributed by atoms with Crippen molar-refractivity contribution in [1.82, 2.24) is 10.8 Å². The maximum absolute atomic E-state index is 12.8. The zero-order valence-electron chi connectivity index (χ0n) is 22.1. The van der Waals surface area contributed by atoms with Gasteiger partial charge in [0.15, 0.2) is 6.29 Å². The zero-order chi connectivity index (χ0) is 26.0. The van der Waals surface area contributed by atoms with E-state index in [-0.39, 0.29) is 17.7 Å². The lowest BCUT2D eigenvalue weighted by molar-refractivity contribution is -0.180. The molecule has 7 nitrogen and oxygen atoms in total. The molecule has 7 heteroatoms. The second-order valence-corrected chi connectivity index (χ2v) is 10.8. The molecule has 0 aromatic heterocycles. The third-order valence-electron chi connectivity index (χ3n) is 7.58. The molecule has 2 saturated carbocycles. The molecule has 200 valence electrons.